The van der Waals surface area contributed by atoms with E-state index in [1.807, 2.05) is 0 Å². The van der Waals surface area contributed by atoms with Gasteiger partial charge in [0, 0.05) is 6.42 Å². The Labute approximate surface area is 123 Å². The van der Waals surface area contributed by atoms with Gasteiger partial charge in [0.05, 0.1) is 18.8 Å². The molecule has 2 fully saturated rings. The van der Waals surface area contributed by atoms with Crippen molar-refractivity contribution in [3.05, 3.63) is 12.0 Å². The van der Waals surface area contributed by atoms with Gasteiger partial charge in [-0.05, 0) is 32.9 Å². The first-order chi connectivity index (χ1) is 10.2. The Kier molecular flexibility index (Phi) is 4.12. The van der Waals surface area contributed by atoms with Crippen LogP contribution in [-0.4, -0.2) is 49.0 Å². The lowest BCUT2D eigenvalue weighted by Crippen LogP contribution is -2.41. The van der Waals surface area contributed by atoms with Crippen LogP contribution < -0.4 is 10.1 Å². The van der Waals surface area contributed by atoms with Crippen LogP contribution in [0.25, 0.3) is 0 Å². The third-order valence-corrected chi connectivity index (χ3v) is 3.93. The van der Waals surface area contributed by atoms with Crippen LogP contribution in [0.5, 0.6) is 6.08 Å². The molecule has 2 saturated heterocycles. The van der Waals surface area contributed by atoms with E-state index >= 15 is 0 Å². The molecule has 0 aliphatic carbocycles. The minimum absolute atomic E-state index is 0.0769. The van der Waals surface area contributed by atoms with Crippen molar-refractivity contribution in [3.63, 3.8) is 0 Å². The number of rotatable bonds is 4. The molecule has 3 heterocycles. The summed E-state index contributed by atoms with van der Waals surface area (Å²) < 4.78 is 21.6. The summed E-state index contributed by atoms with van der Waals surface area (Å²) in [5.74, 6) is -0.506. The van der Waals surface area contributed by atoms with Crippen molar-refractivity contribution in [1.82, 2.24) is 10.3 Å². The number of hydrogen-bond acceptors (Lipinski definition) is 7. The summed E-state index contributed by atoms with van der Waals surface area (Å²) in [5.41, 5.74) is 0.0503. The Morgan fingerprint density at radius 3 is 3.10 bits per heavy atom. The number of ether oxygens (including phenoxy) is 3. The number of oxazole rings is 1. The molecule has 1 aromatic heterocycles. The van der Waals surface area contributed by atoms with E-state index in [0.29, 0.717) is 13.2 Å². The molecule has 3 rings (SSSR count). The molecule has 7 heteroatoms. The van der Waals surface area contributed by atoms with E-state index in [1.165, 1.54) is 6.26 Å². The predicted octanol–water partition coefficient (Wildman–Crippen LogP) is 1.14. The van der Waals surface area contributed by atoms with Crippen LogP contribution in [-0.2, 0) is 9.47 Å². The minimum Gasteiger partial charge on any atom is -0.461 e. The molecule has 1 spiro atoms. The van der Waals surface area contributed by atoms with Crippen LogP contribution in [0.3, 0.4) is 0 Å². The summed E-state index contributed by atoms with van der Waals surface area (Å²) in [7, 11) is 0. The van der Waals surface area contributed by atoms with Gasteiger partial charge in [-0.1, -0.05) is 0 Å². The molecule has 0 bridgehead atoms. The summed E-state index contributed by atoms with van der Waals surface area (Å²) in [5, 5.41) is 3.33. The van der Waals surface area contributed by atoms with Gasteiger partial charge in [0.1, 0.15) is 12.4 Å². The van der Waals surface area contributed by atoms with Crippen LogP contribution in [0.1, 0.15) is 36.7 Å². The Morgan fingerprint density at radius 2 is 2.33 bits per heavy atom. The highest BCUT2D eigenvalue weighted by Crippen LogP contribution is 2.35. The molecule has 1 aromatic rings. The van der Waals surface area contributed by atoms with E-state index in [0.717, 1.165) is 32.4 Å². The largest absolute Gasteiger partial charge is 0.461 e. The highest BCUT2D eigenvalue weighted by Gasteiger charge is 2.42. The van der Waals surface area contributed by atoms with Gasteiger partial charge in [0.25, 0.3) is 0 Å². The van der Waals surface area contributed by atoms with E-state index < -0.39 is 5.97 Å². The van der Waals surface area contributed by atoms with Crippen molar-refractivity contribution in [2.45, 2.75) is 37.9 Å². The van der Waals surface area contributed by atoms with E-state index in [4.69, 9.17) is 18.6 Å². The average molecular weight is 296 g/mol. The summed E-state index contributed by atoms with van der Waals surface area (Å²) in [6.45, 7) is 4.51. The molecule has 21 heavy (non-hydrogen) atoms. The Bertz CT molecular complexity index is 495. The monoisotopic (exact) mass is 296 g/mol. The third kappa shape index (κ3) is 3.19. The first-order valence-electron chi connectivity index (χ1n) is 7.35. The molecule has 0 aromatic carbocycles. The van der Waals surface area contributed by atoms with Gasteiger partial charge in [0.15, 0.2) is 5.69 Å². The van der Waals surface area contributed by atoms with Gasteiger partial charge in [-0.2, -0.15) is 4.98 Å². The number of carbonyl (C=O) groups is 1. The Morgan fingerprint density at radius 1 is 1.52 bits per heavy atom. The van der Waals surface area contributed by atoms with Gasteiger partial charge in [-0.3, -0.25) is 0 Å². The second-order valence-corrected chi connectivity index (χ2v) is 5.41. The number of nitrogens with zero attached hydrogens (tertiary/aromatic N) is 1. The molecule has 116 valence electrons. The highest BCUT2D eigenvalue weighted by atomic mass is 16.6. The summed E-state index contributed by atoms with van der Waals surface area (Å²) in [6, 6.07) is 0. The van der Waals surface area contributed by atoms with Gasteiger partial charge >= 0.3 is 12.0 Å². The SMILES string of the molecule is CCOC(=O)c1coc(OC2COC3(CCNCC3)C2)n1. The lowest BCUT2D eigenvalue weighted by atomic mass is 9.89. The van der Waals surface area contributed by atoms with Crippen LogP contribution in [0.2, 0.25) is 0 Å². The van der Waals surface area contributed by atoms with Crippen molar-refractivity contribution in [2.24, 2.45) is 0 Å². The molecular formula is C14H20N2O5. The molecule has 1 N–H and O–H groups in total. The van der Waals surface area contributed by atoms with Gasteiger partial charge < -0.3 is 23.9 Å². The summed E-state index contributed by atoms with van der Waals surface area (Å²) in [6.07, 6.45) is 4.07. The molecular weight excluding hydrogens is 276 g/mol. The number of hydrogen-bond donors (Lipinski definition) is 1. The third-order valence-electron chi connectivity index (χ3n) is 3.93. The number of piperidine rings is 1. The zero-order valence-electron chi connectivity index (χ0n) is 12.1. The maximum atomic E-state index is 11.5. The minimum atomic E-state index is -0.506. The fourth-order valence-electron chi connectivity index (χ4n) is 2.86. The van der Waals surface area contributed by atoms with Crippen LogP contribution in [0.15, 0.2) is 10.7 Å². The summed E-state index contributed by atoms with van der Waals surface area (Å²) >= 11 is 0. The molecule has 1 atom stereocenters. The normalized spacial score (nSPS) is 24.1. The van der Waals surface area contributed by atoms with Crippen molar-refractivity contribution in [1.29, 1.82) is 0 Å². The van der Waals surface area contributed by atoms with Crippen LogP contribution >= 0.6 is 0 Å². The fourth-order valence-corrected chi connectivity index (χ4v) is 2.86. The van der Waals surface area contributed by atoms with Crippen molar-refractivity contribution < 1.29 is 23.4 Å². The van der Waals surface area contributed by atoms with Crippen LogP contribution in [0, 0.1) is 0 Å². The van der Waals surface area contributed by atoms with Crippen LogP contribution in [0.4, 0.5) is 0 Å². The highest BCUT2D eigenvalue weighted by molar-refractivity contribution is 5.86. The van der Waals surface area contributed by atoms with Crippen molar-refractivity contribution >= 4 is 5.97 Å². The molecule has 2 aliphatic rings. The zero-order chi connectivity index (χ0) is 14.7. The molecule has 0 radical (unpaired) electrons. The molecule has 2 aliphatic heterocycles. The first kappa shape index (κ1) is 14.3. The molecule has 1 unspecified atom stereocenters. The van der Waals surface area contributed by atoms with E-state index in [-0.39, 0.29) is 23.5 Å². The second-order valence-electron chi connectivity index (χ2n) is 5.41. The van der Waals surface area contributed by atoms with Crippen molar-refractivity contribution in [2.75, 3.05) is 26.3 Å². The first-order valence-corrected chi connectivity index (χ1v) is 7.35. The lowest BCUT2D eigenvalue weighted by molar-refractivity contribution is -0.0208. The topological polar surface area (TPSA) is 82.8 Å². The maximum Gasteiger partial charge on any atom is 0.394 e. The smallest absolute Gasteiger partial charge is 0.394 e. The predicted molar refractivity (Wildman–Crippen MR) is 72.3 cm³/mol. The molecule has 0 amide bonds. The fraction of sp³-hybridized carbons (Fsp3) is 0.714. The zero-order valence-corrected chi connectivity index (χ0v) is 12.1. The second kappa shape index (κ2) is 6.03. The van der Waals surface area contributed by atoms with E-state index in [1.54, 1.807) is 6.92 Å². The number of carbonyl (C=O) groups excluding carboxylic acids is 1. The van der Waals surface area contributed by atoms with Gasteiger partial charge in [0.2, 0.25) is 0 Å². The number of nitrogens with one attached hydrogen (secondary N) is 1. The molecule has 0 saturated carbocycles. The Balaban J connectivity index is 1.56. The molecule has 7 nitrogen and oxygen atoms in total. The number of aromatic nitrogens is 1. The van der Waals surface area contributed by atoms with Gasteiger partial charge in [-0.15, -0.1) is 0 Å². The van der Waals surface area contributed by atoms with Gasteiger partial charge in [-0.25, -0.2) is 4.79 Å². The van der Waals surface area contributed by atoms with E-state index in [9.17, 15) is 4.79 Å². The lowest BCUT2D eigenvalue weighted by Gasteiger charge is -2.32. The Hall–Kier alpha value is -1.60. The average Bonchev–Trinajstić information content (AvgIpc) is 3.09. The van der Waals surface area contributed by atoms with Crippen molar-refractivity contribution in [3.8, 4) is 6.08 Å². The summed E-state index contributed by atoms with van der Waals surface area (Å²) in [4.78, 5) is 15.5. The van der Waals surface area contributed by atoms with E-state index in [2.05, 4.69) is 10.3 Å². The maximum absolute atomic E-state index is 11.5. The number of esters is 1. The quantitative estimate of drug-likeness (QED) is 0.834. The standard InChI is InChI=1S/C14H20N2O5/c1-2-18-12(17)11-9-19-13(16-11)21-10-7-14(20-8-10)3-5-15-6-4-14/h9-10,15H,2-8H2,1H3.